The molecule has 0 saturated carbocycles. The molecule has 0 spiro atoms. The van der Waals surface area contributed by atoms with Gasteiger partial charge in [0.15, 0.2) is 0 Å². The summed E-state index contributed by atoms with van der Waals surface area (Å²) in [5.74, 6) is 1.40. The Morgan fingerprint density at radius 2 is 1.85 bits per heavy atom. The summed E-state index contributed by atoms with van der Waals surface area (Å²) in [4.78, 5) is 10.6. The number of hydrogen-bond donors (Lipinski definition) is 1. The Hall–Kier alpha value is -3.41. The summed E-state index contributed by atoms with van der Waals surface area (Å²) in [7, 11) is 5.71. The number of methoxy groups -OCH3 is 1. The first-order valence-corrected chi connectivity index (χ1v) is 8.66. The Kier molecular flexibility index (Phi) is 5.99. The second-order valence-electron chi connectivity index (χ2n) is 6.18. The molecule has 0 aliphatic heterocycles. The summed E-state index contributed by atoms with van der Waals surface area (Å²) >= 11 is 0. The van der Waals surface area contributed by atoms with Crippen LogP contribution >= 0.6 is 0 Å². The fourth-order valence-corrected chi connectivity index (χ4v) is 2.61. The van der Waals surface area contributed by atoms with E-state index in [0.717, 1.165) is 23.4 Å². The normalized spacial score (nSPS) is 10.8. The number of nitrogens with zero attached hydrogens (tertiary/aromatic N) is 4. The van der Waals surface area contributed by atoms with Crippen LogP contribution in [0.15, 0.2) is 66.0 Å². The molecule has 0 saturated heterocycles. The number of nitrogens with one attached hydrogen (secondary N) is 1. The first-order valence-electron chi connectivity index (χ1n) is 8.66. The lowest BCUT2D eigenvalue weighted by Crippen LogP contribution is -2.08. The van der Waals surface area contributed by atoms with Gasteiger partial charge in [-0.15, -0.1) is 0 Å². The molecule has 0 unspecified atom stereocenters. The number of ether oxygens (including phenoxy) is 1. The van der Waals surface area contributed by atoms with Crippen molar-refractivity contribution in [3.05, 3.63) is 66.5 Å². The standard InChI is InChI=1S/C21H23N5O/c1-26(2)17-10-8-16(9-11-17)12-13-24-25-21-14-19(22-15-23-21)18-6-4-5-7-20(18)27-3/h4-11,13-15H,12H2,1-3H3,(H,22,23,25). The van der Waals surface area contributed by atoms with Crippen LogP contribution in [0.3, 0.4) is 0 Å². The van der Waals surface area contributed by atoms with Gasteiger partial charge in [-0.2, -0.15) is 5.10 Å². The molecule has 0 fully saturated rings. The van der Waals surface area contributed by atoms with E-state index in [0.29, 0.717) is 5.82 Å². The van der Waals surface area contributed by atoms with E-state index in [2.05, 4.69) is 49.7 Å². The van der Waals surface area contributed by atoms with Crippen LogP contribution < -0.4 is 15.1 Å². The van der Waals surface area contributed by atoms with Crippen LogP contribution in [0.2, 0.25) is 0 Å². The summed E-state index contributed by atoms with van der Waals surface area (Å²) in [6.07, 6.45) is 4.08. The molecular formula is C21H23N5O. The van der Waals surface area contributed by atoms with Crippen molar-refractivity contribution in [2.45, 2.75) is 6.42 Å². The molecule has 138 valence electrons. The van der Waals surface area contributed by atoms with Gasteiger partial charge in [0, 0.05) is 44.0 Å². The second kappa shape index (κ2) is 8.80. The molecule has 0 radical (unpaired) electrons. The number of anilines is 2. The van der Waals surface area contributed by atoms with Crippen molar-refractivity contribution in [2.24, 2.45) is 5.10 Å². The largest absolute Gasteiger partial charge is 0.496 e. The molecule has 0 aliphatic rings. The Morgan fingerprint density at radius 1 is 1.07 bits per heavy atom. The number of hydrogen-bond acceptors (Lipinski definition) is 6. The molecule has 3 rings (SSSR count). The maximum Gasteiger partial charge on any atom is 0.150 e. The average molecular weight is 361 g/mol. The van der Waals surface area contributed by atoms with Crippen LogP contribution in [0.25, 0.3) is 11.3 Å². The van der Waals surface area contributed by atoms with Gasteiger partial charge in [0.2, 0.25) is 0 Å². The van der Waals surface area contributed by atoms with Gasteiger partial charge in [0.25, 0.3) is 0 Å². The third-order valence-corrected chi connectivity index (χ3v) is 4.10. The van der Waals surface area contributed by atoms with Gasteiger partial charge in [0.05, 0.1) is 12.8 Å². The van der Waals surface area contributed by atoms with Crippen molar-refractivity contribution in [3.8, 4) is 17.0 Å². The van der Waals surface area contributed by atoms with Crippen LogP contribution in [-0.4, -0.2) is 37.4 Å². The average Bonchev–Trinajstić information content (AvgIpc) is 2.71. The fourth-order valence-electron chi connectivity index (χ4n) is 2.61. The predicted octanol–water partition coefficient (Wildman–Crippen LogP) is 3.86. The highest BCUT2D eigenvalue weighted by Crippen LogP contribution is 2.28. The minimum Gasteiger partial charge on any atom is -0.496 e. The Labute approximate surface area is 159 Å². The Morgan fingerprint density at radius 3 is 2.59 bits per heavy atom. The third kappa shape index (κ3) is 4.82. The highest BCUT2D eigenvalue weighted by molar-refractivity contribution is 5.69. The van der Waals surface area contributed by atoms with Gasteiger partial charge in [-0.05, 0) is 29.8 Å². The number of rotatable bonds is 7. The van der Waals surface area contributed by atoms with Crippen molar-refractivity contribution in [1.82, 2.24) is 9.97 Å². The maximum absolute atomic E-state index is 5.40. The lowest BCUT2D eigenvalue weighted by Gasteiger charge is -2.12. The molecule has 27 heavy (non-hydrogen) atoms. The van der Waals surface area contributed by atoms with E-state index in [1.54, 1.807) is 7.11 Å². The van der Waals surface area contributed by atoms with Crippen molar-refractivity contribution in [1.29, 1.82) is 0 Å². The van der Waals surface area contributed by atoms with Gasteiger partial charge in [-0.25, -0.2) is 9.97 Å². The van der Waals surface area contributed by atoms with Gasteiger partial charge < -0.3 is 9.64 Å². The molecule has 3 aromatic rings. The SMILES string of the molecule is COc1ccccc1-c1cc(NN=CCc2ccc(N(C)C)cc2)ncn1. The fraction of sp³-hybridized carbons (Fsp3) is 0.190. The zero-order valence-corrected chi connectivity index (χ0v) is 15.8. The summed E-state index contributed by atoms with van der Waals surface area (Å²) in [5.41, 5.74) is 7.03. The number of para-hydroxylation sites is 1. The molecule has 0 amide bonds. The molecule has 0 aliphatic carbocycles. The molecule has 2 aromatic carbocycles. The van der Waals surface area contributed by atoms with Crippen LogP contribution in [0, 0.1) is 0 Å². The van der Waals surface area contributed by atoms with Crippen LogP contribution in [0.1, 0.15) is 5.56 Å². The highest BCUT2D eigenvalue weighted by atomic mass is 16.5. The van der Waals surface area contributed by atoms with E-state index >= 15 is 0 Å². The number of benzene rings is 2. The van der Waals surface area contributed by atoms with E-state index in [4.69, 9.17) is 4.74 Å². The summed E-state index contributed by atoms with van der Waals surface area (Å²) in [6.45, 7) is 0. The first-order chi connectivity index (χ1) is 13.2. The third-order valence-electron chi connectivity index (χ3n) is 4.10. The minimum absolute atomic E-state index is 0.630. The van der Waals surface area contributed by atoms with Gasteiger partial charge in [0.1, 0.15) is 17.9 Å². The maximum atomic E-state index is 5.40. The van der Waals surface area contributed by atoms with Crippen LogP contribution in [-0.2, 0) is 6.42 Å². The monoisotopic (exact) mass is 361 g/mol. The van der Waals surface area contributed by atoms with Gasteiger partial charge >= 0.3 is 0 Å². The molecule has 0 bridgehead atoms. The van der Waals surface area contributed by atoms with Crippen molar-refractivity contribution in [2.75, 3.05) is 31.5 Å². The predicted molar refractivity (Wildman–Crippen MR) is 111 cm³/mol. The second-order valence-corrected chi connectivity index (χ2v) is 6.18. The van der Waals surface area contributed by atoms with Crippen LogP contribution in [0.5, 0.6) is 5.75 Å². The zero-order valence-electron chi connectivity index (χ0n) is 15.8. The quantitative estimate of drug-likeness (QED) is 0.511. The Bertz CT molecular complexity index is 906. The van der Waals surface area contributed by atoms with Crippen LogP contribution in [0.4, 0.5) is 11.5 Å². The van der Waals surface area contributed by atoms with Crippen molar-refractivity contribution in [3.63, 3.8) is 0 Å². The van der Waals surface area contributed by atoms with Crippen molar-refractivity contribution >= 4 is 17.7 Å². The molecule has 1 N–H and O–H groups in total. The van der Waals surface area contributed by atoms with Gasteiger partial charge in [-0.3, -0.25) is 5.43 Å². The number of aromatic nitrogens is 2. The highest BCUT2D eigenvalue weighted by Gasteiger charge is 2.07. The van der Waals surface area contributed by atoms with E-state index in [-0.39, 0.29) is 0 Å². The summed E-state index contributed by atoms with van der Waals surface area (Å²) in [6, 6.07) is 18.0. The lowest BCUT2D eigenvalue weighted by atomic mass is 10.1. The molecule has 1 heterocycles. The zero-order chi connectivity index (χ0) is 19.1. The molecular weight excluding hydrogens is 338 g/mol. The topological polar surface area (TPSA) is 62.6 Å². The summed E-state index contributed by atoms with van der Waals surface area (Å²) < 4.78 is 5.40. The lowest BCUT2D eigenvalue weighted by molar-refractivity contribution is 0.416. The molecule has 0 atom stereocenters. The van der Waals surface area contributed by atoms with E-state index in [9.17, 15) is 0 Å². The van der Waals surface area contributed by atoms with Crippen molar-refractivity contribution < 1.29 is 4.74 Å². The van der Waals surface area contributed by atoms with E-state index in [1.165, 1.54) is 17.6 Å². The molecule has 6 nitrogen and oxygen atoms in total. The first kappa shape index (κ1) is 18.4. The van der Waals surface area contributed by atoms with Gasteiger partial charge in [-0.1, -0.05) is 24.3 Å². The smallest absolute Gasteiger partial charge is 0.150 e. The molecule has 6 heteroatoms. The van der Waals surface area contributed by atoms with E-state index < -0.39 is 0 Å². The minimum atomic E-state index is 0.630. The Balaban J connectivity index is 1.64. The molecule has 1 aromatic heterocycles. The number of hydrazone groups is 1. The summed E-state index contributed by atoms with van der Waals surface area (Å²) in [5, 5.41) is 4.26. The van der Waals surface area contributed by atoms with E-state index in [1.807, 2.05) is 50.6 Å².